The smallest absolute Gasteiger partial charge is 0.462 e. The zero-order valence-corrected chi connectivity index (χ0v) is 60.5. The van der Waals surface area contributed by atoms with E-state index in [0.29, 0.717) is 17.4 Å². The van der Waals surface area contributed by atoms with Gasteiger partial charge in [0.2, 0.25) is 0 Å². The van der Waals surface area contributed by atoms with Crippen LogP contribution in [0.1, 0.15) is 348 Å². The van der Waals surface area contributed by atoms with Gasteiger partial charge in [-0.3, -0.25) is 18.6 Å². The summed E-state index contributed by atoms with van der Waals surface area (Å²) in [4.78, 5) is 35.9. The van der Waals surface area contributed by atoms with Crippen molar-refractivity contribution >= 4 is 19.8 Å². The first kappa shape index (κ1) is 86.9. The van der Waals surface area contributed by atoms with Crippen molar-refractivity contribution < 1.29 is 42.1 Å². The Bertz CT molecular complexity index is 1840. The summed E-state index contributed by atoms with van der Waals surface area (Å²) in [5.74, 6) is -0.794. The highest BCUT2D eigenvalue weighted by Crippen LogP contribution is 2.43. The monoisotopic (exact) mass is 1280 g/mol. The van der Waals surface area contributed by atoms with Crippen LogP contribution < -0.4 is 0 Å². The largest absolute Gasteiger partial charge is 0.472 e. The third kappa shape index (κ3) is 74.0. The van der Waals surface area contributed by atoms with E-state index in [1.165, 1.54) is 225 Å². The van der Waals surface area contributed by atoms with Gasteiger partial charge in [-0.2, -0.15) is 0 Å². The van der Waals surface area contributed by atoms with Crippen molar-refractivity contribution in [1.29, 1.82) is 0 Å². The molecule has 0 amide bonds. The highest BCUT2D eigenvalue weighted by atomic mass is 31.2. The highest BCUT2D eigenvalue weighted by molar-refractivity contribution is 7.47. The summed E-state index contributed by atoms with van der Waals surface area (Å²) in [5.41, 5.74) is 0. The molecule has 0 aliphatic heterocycles. The average molecular weight is 1280 g/mol. The van der Waals surface area contributed by atoms with Gasteiger partial charge >= 0.3 is 19.8 Å². The van der Waals surface area contributed by atoms with Gasteiger partial charge in [-0.25, -0.2) is 4.57 Å². The van der Waals surface area contributed by atoms with E-state index >= 15 is 0 Å². The van der Waals surface area contributed by atoms with E-state index < -0.39 is 26.5 Å². The van der Waals surface area contributed by atoms with Crippen LogP contribution in [0.15, 0.2) is 97.2 Å². The van der Waals surface area contributed by atoms with Crippen LogP contribution in [0.2, 0.25) is 0 Å². The molecule has 0 saturated heterocycles. The number of quaternary nitrogens is 1. The number of unbranched alkanes of at least 4 members (excludes halogenated alkanes) is 40. The second-order valence-electron chi connectivity index (χ2n) is 26.7. The van der Waals surface area contributed by atoms with Crippen molar-refractivity contribution in [3.8, 4) is 0 Å². The second-order valence-corrected chi connectivity index (χ2v) is 28.1. The maximum Gasteiger partial charge on any atom is 0.472 e. The van der Waals surface area contributed by atoms with Crippen molar-refractivity contribution in [2.45, 2.75) is 354 Å². The number of esters is 2. The number of likely N-dealkylation sites (N-methyl/N-ethyl adjacent to an activating group) is 1. The summed E-state index contributed by atoms with van der Waals surface area (Å²) in [6.07, 6.45) is 98.2. The van der Waals surface area contributed by atoms with Crippen LogP contribution in [0.3, 0.4) is 0 Å². The van der Waals surface area contributed by atoms with E-state index in [0.717, 1.165) is 89.9 Å². The molecule has 0 aromatic carbocycles. The zero-order chi connectivity index (χ0) is 65.5. The number of rotatable bonds is 70. The van der Waals surface area contributed by atoms with Gasteiger partial charge in [-0.15, -0.1) is 0 Å². The Labute approximate surface area is 557 Å². The molecule has 0 bridgehead atoms. The molecule has 0 radical (unpaired) electrons. The Morgan fingerprint density at radius 2 is 0.633 bits per heavy atom. The Hall–Kier alpha value is -3.07. The normalized spacial score (nSPS) is 13.6. The third-order valence-electron chi connectivity index (χ3n) is 16.6. The van der Waals surface area contributed by atoms with E-state index in [2.05, 4.69) is 111 Å². The number of hydrogen-bond donors (Lipinski definition) is 1. The zero-order valence-electron chi connectivity index (χ0n) is 59.6. The first-order chi connectivity index (χ1) is 44.0. The number of nitrogens with zero attached hydrogens (tertiary/aromatic N) is 1. The Morgan fingerprint density at radius 1 is 0.356 bits per heavy atom. The summed E-state index contributed by atoms with van der Waals surface area (Å²) >= 11 is 0. The molecule has 90 heavy (non-hydrogen) atoms. The minimum absolute atomic E-state index is 0.0279. The molecule has 0 rings (SSSR count). The molecule has 0 aromatic rings. The predicted molar refractivity (Wildman–Crippen MR) is 390 cm³/mol. The molecular formula is C80H145NO8P+. The highest BCUT2D eigenvalue weighted by Gasteiger charge is 2.27. The van der Waals surface area contributed by atoms with Crippen molar-refractivity contribution in [3.05, 3.63) is 97.2 Å². The van der Waals surface area contributed by atoms with Gasteiger partial charge in [-0.05, 0) is 96.3 Å². The van der Waals surface area contributed by atoms with E-state index in [9.17, 15) is 19.0 Å². The molecule has 0 aliphatic rings. The standard InChI is InChI=1S/C80H144NO8P/c1-6-8-10-12-14-16-18-20-22-24-26-28-30-32-34-36-38-39-40-41-43-44-46-48-50-52-54-56-58-60-62-64-66-68-70-72-79(82)86-76-78(77-88-90(84,85)87-75-74-81(3,4)5)89-80(83)73-71-69-67-65-63-61-59-57-55-53-51-49-47-45-42-37-35-33-31-29-27-25-23-21-19-17-15-13-11-9-7-2/h9,11,15,17,21,23-24,26-27,29,33,35,42,45,49,51,78H,6-8,10,12-14,16,18-20,22,25,28,30-32,34,36-41,43-44,46-48,50,52-77H2,1-5H3/p+1/b11-9-,17-15-,23-21-,26-24-,29-27-,35-33-,45-42-,51-49-. The number of hydrogen-bond acceptors (Lipinski definition) is 7. The minimum atomic E-state index is -4.40. The first-order valence-electron chi connectivity index (χ1n) is 38.0. The van der Waals surface area contributed by atoms with Crippen LogP contribution in [0.25, 0.3) is 0 Å². The lowest BCUT2D eigenvalue weighted by Crippen LogP contribution is -2.37. The first-order valence-corrected chi connectivity index (χ1v) is 39.5. The summed E-state index contributed by atoms with van der Waals surface area (Å²) < 4.78 is 34.8. The molecule has 2 atom stereocenters. The molecule has 9 nitrogen and oxygen atoms in total. The van der Waals surface area contributed by atoms with Gasteiger partial charge in [0.1, 0.15) is 19.8 Å². The molecule has 0 spiro atoms. The van der Waals surface area contributed by atoms with Crippen molar-refractivity contribution in [1.82, 2.24) is 0 Å². The molecule has 0 fully saturated rings. The van der Waals surface area contributed by atoms with Crippen LogP contribution in [-0.2, 0) is 32.7 Å². The minimum Gasteiger partial charge on any atom is -0.462 e. The Morgan fingerprint density at radius 3 is 0.956 bits per heavy atom. The maximum absolute atomic E-state index is 12.9. The van der Waals surface area contributed by atoms with Gasteiger partial charge in [-0.1, -0.05) is 336 Å². The van der Waals surface area contributed by atoms with E-state index in [4.69, 9.17) is 18.5 Å². The lowest BCUT2D eigenvalue weighted by Gasteiger charge is -2.24. The molecule has 0 heterocycles. The molecule has 0 aliphatic carbocycles. The number of phosphoric acid groups is 1. The number of carbonyl (C=O) groups is 2. The number of phosphoric ester groups is 1. The van der Waals surface area contributed by atoms with Crippen LogP contribution in [-0.4, -0.2) is 74.9 Å². The van der Waals surface area contributed by atoms with E-state index in [1.807, 2.05) is 21.1 Å². The lowest BCUT2D eigenvalue weighted by atomic mass is 10.0. The Kier molecular flexibility index (Phi) is 67.9. The van der Waals surface area contributed by atoms with Crippen LogP contribution in [0.4, 0.5) is 0 Å². The summed E-state index contributed by atoms with van der Waals surface area (Å²) in [6.45, 7) is 4.35. The molecular weight excluding hydrogens is 1130 g/mol. The van der Waals surface area contributed by atoms with Crippen LogP contribution >= 0.6 is 7.82 Å². The fourth-order valence-electron chi connectivity index (χ4n) is 10.8. The van der Waals surface area contributed by atoms with Crippen molar-refractivity contribution in [2.75, 3.05) is 47.5 Å². The second kappa shape index (κ2) is 70.3. The molecule has 522 valence electrons. The van der Waals surface area contributed by atoms with E-state index in [-0.39, 0.29) is 32.0 Å². The van der Waals surface area contributed by atoms with Gasteiger partial charge in [0, 0.05) is 12.8 Å². The lowest BCUT2D eigenvalue weighted by molar-refractivity contribution is -0.870. The summed E-state index contributed by atoms with van der Waals surface area (Å²) in [6, 6.07) is 0. The topological polar surface area (TPSA) is 108 Å². The van der Waals surface area contributed by atoms with Gasteiger partial charge in [0.05, 0.1) is 27.7 Å². The molecule has 0 saturated carbocycles. The fraction of sp³-hybridized carbons (Fsp3) is 0.775. The van der Waals surface area contributed by atoms with Crippen LogP contribution in [0, 0.1) is 0 Å². The van der Waals surface area contributed by atoms with Gasteiger partial charge < -0.3 is 18.9 Å². The van der Waals surface area contributed by atoms with Crippen molar-refractivity contribution in [3.63, 3.8) is 0 Å². The van der Waals surface area contributed by atoms with Gasteiger partial charge in [0.15, 0.2) is 6.10 Å². The predicted octanol–water partition coefficient (Wildman–Crippen LogP) is 25.1. The van der Waals surface area contributed by atoms with Crippen LogP contribution in [0.5, 0.6) is 0 Å². The molecule has 10 heteroatoms. The SMILES string of the molecule is CC/C=C\C/C=C\C/C=C\C/C=C\C/C=C\C/C=C\C/C=C\CCCCCCCCCCCC(=O)OC(COC(=O)CCCCCCCCCCCCCCCCCCCCCCCCC/C=C\CCCCCCCCCC)COP(=O)(O)OCC[N+](C)(C)C. The Balaban J connectivity index is 4.00. The third-order valence-corrected chi connectivity index (χ3v) is 17.6. The van der Waals surface area contributed by atoms with Crippen molar-refractivity contribution in [2.24, 2.45) is 0 Å². The maximum atomic E-state index is 12.9. The average Bonchev–Trinajstić information content (AvgIpc) is 3.58. The summed E-state index contributed by atoms with van der Waals surface area (Å²) in [7, 11) is 1.48. The fourth-order valence-corrected chi connectivity index (χ4v) is 11.6. The van der Waals surface area contributed by atoms with Gasteiger partial charge in [0.25, 0.3) is 0 Å². The number of carbonyl (C=O) groups excluding carboxylic acids is 2. The molecule has 0 aromatic heterocycles. The molecule has 2 unspecified atom stereocenters. The summed E-state index contributed by atoms with van der Waals surface area (Å²) in [5, 5.41) is 0. The quantitative estimate of drug-likeness (QED) is 0.0211. The van der Waals surface area contributed by atoms with E-state index in [1.54, 1.807) is 0 Å². The number of allylic oxidation sites excluding steroid dienone is 16. The molecule has 1 N–H and O–H groups in total. The number of ether oxygens (including phenoxy) is 2.